The number of benzene rings is 2. The summed E-state index contributed by atoms with van der Waals surface area (Å²) in [6, 6.07) is 10.7. The fourth-order valence-corrected chi connectivity index (χ4v) is 3.24. The molecule has 0 unspecified atom stereocenters. The van der Waals surface area contributed by atoms with Crippen molar-refractivity contribution in [1.29, 1.82) is 0 Å². The minimum absolute atomic E-state index is 0.0684. The molecule has 0 heterocycles. The van der Waals surface area contributed by atoms with E-state index in [2.05, 4.69) is 0 Å². The maximum atomic E-state index is 9.31. The number of hydrogen-bond acceptors (Lipinski definition) is 2. The highest BCUT2D eigenvalue weighted by atomic mass is 35.5. The lowest BCUT2D eigenvalue weighted by Gasteiger charge is -2.10. The lowest BCUT2D eigenvalue weighted by molar-refractivity contribution is 0.279. The summed E-state index contributed by atoms with van der Waals surface area (Å²) in [7, 11) is 0. The van der Waals surface area contributed by atoms with E-state index < -0.39 is 0 Å². The summed E-state index contributed by atoms with van der Waals surface area (Å²) < 4.78 is 0. The first-order valence-electron chi connectivity index (χ1n) is 5.13. The Morgan fingerprint density at radius 2 is 1.78 bits per heavy atom. The van der Waals surface area contributed by atoms with Gasteiger partial charge in [-0.2, -0.15) is 0 Å². The normalized spacial score (nSPS) is 10.7. The van der Waals surface area contributed by atoms with E-state index in [9.17, 15) is 5.11 Å². The number of hydrogen-bond donors (Lipinski definition) is 1. The molecule has 0 aliphatic carbocycles. The molecule has 0 spiro atoms. The Hall–Kier alpha value is -0.380. The van der Waals surface area contributed by atoms with Crippen LogP contribution in [0.15, 0.2) is 46.2 Å². The van der Waals surface area contributed by atoms with E-state index in [0.29, 0.717) is 15.1 Å². The van der Waals surface area contributed by atoms with Crippen LogP contribution in [0.1, 0.15) is 5.56 Å². The van der Waals surface area contributed by atoms with E-state index in [1.807, 2.05) is 6.07 Å². The summed E-state index contributed by atoms with van der Waals surface area (Å²) in [4.78, 5) is 1.61. The van der Waals surface area contributed by atoms with Gasteiger partial charge in [-0.3, -0.25) is 0 Å². The van der Waals surface area contributed by atoms with E-state index in [4.69, 9.17) is 34.8 Å². The maximum absolute atomic E-state index is 9.31. The lowest BCUT2D eigenvalue weighted by Crippen LogP contribution is -1.88. The van der Waals surface area contributed by atoms with Crippen molar-refractivity contribution in [2.75, 3.05) is 0 Å². The van der Waals surface area contributed by atoms with Crippen molar-refractivity contribution in [3.8, 4) is 0 Å². The molecule has 0 radical (unpaired) electrons. The van der Waals surface area contributed by atoms with Crippen LogP contribution in [-0.2, 0) is 6.61 Å². The first-order chi connectivity index (χ1) is 8.61. The third kappa shape index (κ3) is 3.14. The van der Waals surface area contributed by atoms with E-state index in [1.165, 1.54) is 11.8 Å². The molecular weight excluding hydrogens is 311 g/mol. The summed E-state index contributed by atoms with van der Waals surface area (Å²) in [6.45, 7) is -0.0684. The van der Waals surface area contributed by atoms with Crippen molar-refractivity contribution < 1.29 is 5.11 Å². The Kier molecular flexibility index (Phi) is 4.82. The zero-order valence-corrected chi connectivity index (χ0v) is 12.2. The smallest absolute Gasteiger partial charge is 0.0693 e. The molecule has 0 saturated carbocycles. The van der Waals surface area contributed by atoms with Gasteiger partial charge in [-0.1, -0.05) is 58.7 Å². The van der Waals surface area contributed by atoms with E-state index in [1.54, 1.807) is 30.3 Å². The van der Waals surface area contributed by atoms with Gasteiger partial charge in [-0.05, 0) is 29.8 Å². The second kappa shape index (κ2) is 6.18. The summed E-state index contributed by atoms with van der Waals surface area (Å²) in [6.07, 6.45) is 0. The molecule has 2 aromatic carbocycles. The zero-order chi connectivity index (χ0) is 13.1. The summed E-state index contributed by atoms with van der Waals surface area (Å²) >= 11 is 19.6. The van der Waals surface area contributed by atoms with Crippen molar-refractivity contribution in [3.05, 3.63) is 57.0 Å². The minimum Gasteiger partial charge on any atom is -0.392 e. The number of aliphatic hydroxyl groups excluding tert-OH is 1. The van der Waals surface area contributed by atoms with Crippen molar-refractivity contribution >= 4 is 46.6 Å². The first kappa shape index (κ1) is 14.0. The highest BCUT2D eigenvalue weighted by Gasteiger charge is 2.11. The molecule has 0 atom stereocenters. The molecule has 0 saturated heterocycles. The molecule has 2 aromatic rings. The van der Waals surface area contributed by atoms with Crippen molar-refractivity contribution in [2.45, 2.75) is 16.4 Å². The Labute approximate surface area is 125 Å². The van der Waals surface area contributed by atoms with Crippen LogP contribution < -0.4 is 0 Å². The highest BCUT2D eigenvalue weighted by Crippen LogP contribution is 2.40. The van der Waals surface area contributed by atoms with Gasteiger partial charge in [0.2, 0.25) is 0 Å². The van der Waals surface area contributed by atoms with Crippen molar-refractivity contribution in [2.24, 2.45) is 0 Å². The van der Waals surface area contributed by atoms with Crippen LogP contribution in [0.4, 0.5) is 0 Å². The monoisotopic (exact) mass is 318 g/mol. The zero-order valence-electron chi connectivity index (χ0n) is 9.16. The Balaban J connectivity index is 2.42. The number of rotatable bonds is 3. The molecule has 1 N–H and O–H groups in total. The van der Waals surface area contributed by atoms with Crippen LogP contribution >= 0.6 is 46.6 Å². The van der Waals surface area contributed by atoms with Crippen molar-refractivity contribution in [3.63, 3.8) is 0 Å². The summed E-state index contributed by atoms with van der Waals surface area (Å²) in [5, 5.41) is 11.1. The molecule has 0 aromatic heterocycles. The largest absolute Gasteiger partial charge is 0.392 e. The first-order valence-corrected chi connectivity index (χ1v) is 7.08. The predicted octanol–water partition coefficient (Wildman–Crippen LogP) is 5.29. The molecule has 0 bridgehead atoms. The number of aliphatic hydroxyl groups is 1. The van der Waals surface area contributed by atoms with Gasteiger partial charge in [-0.15, -0.1) is 0 Å². The van der Waals surface area contributed by atoms with Gasteiger partial charge < -0.3 is 5.11 Å². The fourth-order valence-electron chi connectivity index (χ4n) is 1.46. The Morgan fingerprint density at radius 1 is 1.00 bits per heavy atom. The molecule has 0 aliphatic rings. The highest BCUT2D eigenvalue weighted by molar-refractivity contribution is 7.99. The Morgan fingerprint density at radius 3 is 2.50 bits per heavy atom. The standard InChI is InChI=1S/C13H9Cl3OS/c14-9-4-5-10(15)12(6-9)18-13-8(7-17)2-1-3-11(13)16/h1-6,17H,7H2. The van der Waals surface area contributed by atoms with Crippen LogP contribution in [0, 0.1) is 0 Å². The quantitative estimate of drug-likeness (QED) is 0.829. The number of halogens is 3. The van der Waals surface area contributed by atoms with Gasteiger partial charge in [-0.25, -0.2) is 0 Å². The van der Waals surface area contributed by atoms with Crippen LogP contribution in [-0.4, -0.2) is 5.11 Å². The summed E-state index contributed by atoms with van der Waals surface area (Å²) in [5.74, 6) is 0. The van der Waals surface area contributed by atoms with E-state index >= 15 is 0 Å². The molecular formula is C13H9Cl3OS. The third-order valence-corrected chi connectivity index (χ3v) is 4.67. The molecule has 5 heteroatoms. The van der Waals surface area contributed by atoms with E-state index in [0.717, 1.165) is 15.4 Å². The Bertz CT molecular complexity index is 572. The molecule has 94 valence electrons. The molecule has 2 rings (SSSR count). The van der Waals surface area contributed by atoms with Gasteiger partial charge in [0.25, 0.3) is 0 Å². The second-order valence-electron chi connectivity index (χ2n) is 3.56. The average Bonchev–Trinajstić information content (AvgIpc) is 2.36. The van der Waals surface area contributed by atoms with Gasteiger partial charge in [0, 0.05) is 14.8 Å². The molecule has 18 heavy (non-hydrogen) atoms. The van der Waals surface area contributed by atoms with Gasteiger partial charge >= 0.3 is 0 Å². The summed E-state index contributed by atoms with van der Waals surface area (Å²) in [5.41, 5.74) is 0.767. The molecule has 0 fully saturated rings. The van der Waals surface area contributed by atoms with Gasteiger partial charge in [0.1, 0.15) is 0 Å². The maximum Gasteiger partial charge on any atom is 0.0693 e. The van der Waals surface area contributed by atoms with Gasteiger partial charge in [0.05, 0.1) is 16.7 Å². The second-order valence-corrected chi connectivity index (χ2v) is 5.87. The molecule has 0 aliphatic heterocycles. The third-order valence-electron chi connectivity index (χ3n) is 2.32. The van der Waals surface area contributed by atoms with E-state index in [-0.39, 0.29) is 6.61 Å². The lowest BCUT2D eigenvalue weighted by atomic mass is 10.2. The SMILES string of the molecule is OCc1cccc(Cl)c1Sc1cc(Cl)ccc1Cl. The van der Waals surface area contributed by atoms with Crippen LogP contribution in [0.3, 0.4) is 0 Å². The predicted molar refractivity (Wildman–Crippen MR) is 78.0 cm³/mol. The van der Waals surface area contributed by atoms with Crippen LogP contribution in [0.25, 0.3) is 0 Å². The van der Waals surface area contributed by atoms with Crippen LogP contribution in [0.5, 0.6) is 0 Å². The molecule has 0 amide bonds. The topological polar surface area (TPSA) is 20.2 Å². The average molecular weight is 320 g/mol. The van der Waals surface area contributed by atoms with Gasteiger partial charge in [0.15, 0.2) is 0 Å². The minimum atomic E-state index is -0.0684. The fraction of sp³-hybridized carbons (Fsp3) is 0.0769. The van der Waals surface area contributed by atoms with Crippen LogP contribution in [0.2, 0.25) is 15.1 Å². The molecule has 1 nitrogen and oxygen atoms in total. The van der Waals surface area contributed by atoms with Crippen molar-refractivity contribution in [1.82, 2.24) is 0 Å².